The summed E-state index contributed by atoms with van der Waals surface area (Å²) in [6.07, 6.45) is 1.53. The summed E-state index contributed by atoms with van der Waals surface area (Å²) in [5.41, 5.74) is 6.21. The van der Waals surface area contributed by atoms with Crippen molar-refractivity contribution in [3.63, 3.8) is 0 Å². The van der Waals surface area contributed by atoms with Crippen molar-refractivity contribution in [2.75, 3.05) is 11.1 Å². The number of aromatic nitrogens is 1. The zero-order valence-corrected chi connectivity index (χ0v) is 8.24. The minimum absolute atomic E-state index is 0.154. The molecule has 0 bridgehead atoms. The quantitative estimate of drug-likeness (QED) is 0.819. The first kappa shape index (κ1) is 10.4. The molecule has 0 aliphatic carbocycles. The number of nitrogens with two attached hydrogens (primary N) is 1. The highest BCUT2D eigenvalue weighted by molar-refractivity contribution is 5.69. The van der Waals surface area contributed by atoms with Crippen LogP contribution in [0.1, 0.15) is 0 Å². The Morgan fingerprint density at radius 2 is 1.94 bits per heavy atom. The maximum atomic E-state index is 13.3. The molecule has 2 aromatic rings. The van der Waals surface area contributed by atoms with Gasteiger partial charge in [-0.2, -0.15) is 0 Å². The van der Waals surface area contributed by atoms with Crippen molar-refractivity contribution in [2.24, 2.45) is 0 Å². The van der Waals surface area contributed by atoms with Crippen LogP contribution < -0.4 is 11.1 Å². The third-order valence-electron chi connectivity index (χ3n) is 2.04. The average Bonchev–Trinajstić information content (AvgIpc) is 2.25. The van der Waals surface area contributed by atoms with Crippen LogP contribution in [0.4, 0.5) is 26.0 Å². The first-order valence-electron chi connectivity index (χ1n) is 4.59. The minimum Gasteiger partial charge on any atom is -0.382 e. The van der Waals surface area contributed by atoms with E-state index >= 15 is 0 Å². The normalized spacial score (nSPS) is 10.1. The van der Waals surface area contributed by atoms with Crippen LogP contribution in [0.2, 0.25) is 0 Å². The summed E-state index contributed by atoms with van der Waals surface area (Å²) in [6, 6.07) is 6.59. The third-order valence-corrected chi connectivity index (χ3v) is 2.04. The van der Waals surface area contributed by atoms with Gasteiger partial charge >= 0.3 is 0 Å². The van der Waals surface area contributed by atoms with Crippen LogP contribution in [0.25, 0.3) is 0 Å². The molecule has 1 aromatic heterocycles. The number of nitrogen functional groups attached to an aromatic ring is 1. The number of hydrogen-bond acceptors (Lipinski definition) is 3. The van der Waals surface area contributed by atoms with E-state index in [-0.39, 0.29) is 11.5 Å². The lowest BCUT2D eigenvalue weighted by Crippen LogP contribution is -1.99. The maximum Gasteiger partial charge on any atom is 0.149 e. The van der Waals surface area contributed by atoms with Crippen LogP contribution in [0.15, 0.2) is 36.5 Å². The third kappa shape index (κ3) is 2.08. The molecule has 82 valence electrons. The fourth-order valence-electron chi connectivity index (χ4n) is 1.26. The van der Waals surface area contributed by atoms with Gasteiger partial charge in [-0.05, 0) is 24.3 Å². The van der Waals surface area contributed by atoms with E-state index in [1.54, 1.807) is 12.1 Å². The molecule has 0 aliphatic rings. The van der Waals surface area contributed by atoms with Crippen LogP contribution >= 0.6 is 0 Å². The molecule has 1 heterocycles. The van der Waals surface area contributed by atoms with Gasteiger partial charge in [0.15, 0.2) is 0 Å². The van der Waals surface area contributed by atoms with Gasteiger partial charge in [0.05, 0.1) is 11.4 Å². The highest BCUT2D eigenvalue weighted by Gasteiger charge is 2.05. The van der Waals surface area contributed by atoms with Gasteiger partial charge in [-0.3, -0.25) is 0 Å². The van der Waals surface area contributed by atoms with E-state index in [0.717, 1.165) is 12.1 Å². The van der Waals surface area contributed by atoms with Crippen molar-refractivity contribution in [3.05, 3.63) is 48.2 Å². The Morgan fingerprint density at radius 3 is 2.62 bits per heavy atom. The summed E-state index contributed by atoms with van der Waals surface area (Å²) >= 11 is 0. The predicted molar refractivity (Wildman–Crippen MR) is 58.3 cm³/mol. The topological polar surface area (TPSA) is 50.9 Å². The van der Waals surface area contributed by atoms with Gasteiger partial charge in [0.1, 0.15) is 17.5 Å². The average molecular weight is 221 g/mol. The fourth-order valence-corrected chi connectivity index (χ4v) is 1.26. The first-order chi connectivity index (χ1) is 7.66. The number of anilines is 3. The summed E-state index contributed by atoms with van der Waals surface area (Å²) in [5.74, 6) is -1.04. The summed E-state index contributed by atoms with van der Waals surface area (Å²) in [4.78, 5) is 3.84. The molecule has 3 nitrogen and oxygen atoms in total. The van der Waals surface area contributed by atoms with E-state index in [1.165, 1.54) is 12.3 Å². The lowest BCUT2D eigenvalue weighted by Gasteiger charge is -2.08. The van der Waals surface area contributed by atoms with E-state index in [1.807, 2.05) is 0 Å². The van der Waals surface area contributed by atoms with Gasteiger partial charge in [-0.25, -0.2) is 13.8 Å². The number of nitrogens with zero attached hydrogens (tertiary/aromatic N) is 1. The Labute approximate surface area is 90.9 Å². The Bertz CT molecular complexity index is 514. The molecule has 1 aromatic carbocycles. The van der Waals surface area contributed by atoms with Crippen LogP contribution in [0.5, 0.6) is 0 Å². The van der Waals surface area contributed by atoms with Crippen molar-refractivity contribution >= 4 is 17.2 Å². The first-order valence-corrected chi connectivity index (χ1v) is 4.59. The van der Waals surface area contributed by atoms with Crippen molar-refractivity contribution in [2.45, 2.75) is 0 Å². The van der Waals surface area contributed by atoms with Crippen molar-refractivity contribution in [3.8, 4) is 0 Å². The smallest absolute Gasteiger partial charge is 0.149 e. The Kier molecular flexibility index (Phi) is 2.68. The molecule has 5 heteroatoms. The molecule has 0 saturated heterocycles. The van der Waals surface area contributed by atoms with E-state index in [9.17, 15) is 8.78 Å². The van der Waals surface area contributed by atoms with E-state index < -0.39 is 11.6 Å². The molecule has 0 fully saturated rings. The second-order valence-corrected chi connectivity index (χ2v) is 3.19. The number of benzene rings is 1. The second kappa shape index (κ2) is 4.14. The minimum atomic E-state index is -0.678. The Balaban J connectivity index is 2.31. The predicted octanol–water partition coefficient (Wildman–Crippen LogP) is 2.69. The molecule has 0 atom stereocenters. The molecule has 0 amide bonds. The van der Waals surface area contributed by atoms with E-state index in [4.69, 9.17) is 5.73 Å². The number of hydrogen-bond donors (Lipinski definition) is 2. The number of nitrogens with one attached hydrogen (secondary N) is 1. The Morgan fingerprint density at radius 1 is 1.12 bits per heavy atom. The standard InChI is InChI=1S/C11H9F2N3/c12-7-3-4-9(8(13)6-7)16-10-2-1-5-15-11(10)14/h1-6,16H,(H2,14,15). The molecule has 0 aliphatic heterocycles. The molecular formula is C11H9F2N3. The van der Waals surface area contributed by atoms with Crippen LogP contribution in [0, 0.1) is 11.6 Å². The van der Waals surface area contributed by atoms with Crippen LogP contribution in [-0.2, 0) is 0 Å². The number of rotatable bonds is 2. The summed E-state index contributed by atoms with van der Waals surface area (Å²) in [5, 5.41) is 2.74. The van der Waals surface area contributed by atoms with Gasteiger partial charge in [0.2, 0.25) is 0 Å². The molecule has 0 unspecified atom stereocenters. The summed E-state index contributed by atoms with van der Waals surface area (Å²) in [7, 11) is 0. The molecule has 2 rings (SSSR count). The summed E-state index contributed by atoms with van der Waals surface area (Å²) < 4.78 is 26.0. The molecule has 0 spiro atoms. The SMILES string of the molecule is Nc1ncccc1Nc1ccc(F)cc1F. The van der Waals surface area contributed by atoms with Gasteiger partial charge in [-0.15, -0.1) is 0 Å². The van der Waals surface area contributed by atoms with Crippen LogP contribution in [-0.4, -0.2) is 4.98 Å². The van der Waals surface area contributed by atoms with Crippen LogP contribution in [0.3, 0.4) is 0 Å². The molecule has 3 N–H and O–H groups in total. The lowest BCUT2D eigenvalue weighted by molar-refractivity contribution is 0.586. The largest absolute Gasteiger partial charge is 0.382 e. The molecule has 0 saturated carbocycles. The van der Waals surface area contributed by atoms with Crippen molar-refractivity contribution in [1.29, 1.82) is 0 Å². The Hall–Kier alpha value is -2.17. The van der Waals surface area contributed by atoms with E-state index in [0.29, 0.717) is 5.69 Å². The van der Waals surface area contributed by atoms with Crippen molar-refractivity contribution < 1.29 is 8.78 Å². The number of pyridine rings is 1. The monoisotopic (exact) mass is 221 g/mol. The zero-order valence-electron chi connectivity index (χ0n) is 8.24. The van der Waals surface area contributed by atoms with Crippen molar-refractivity contribution in [1.82, 2.24) is 4.98 Å². The number of halogens is 2. The highest BCUT2D eigenvalue weighted by atomic mass is 19.1. The molecule has 16 heavy (non-hydrogen) atoms. The highest BCUT2D eigenvalue weighted by Crippen LogP contribution is 2.23. The molecular weight excluding hydrogens is 212 g/mol. The van der Waals surface area contributed by atoms with Gasteiger partial charge in [0, 0.05) is 12.3 Å². The zero-order chi connectivity index (χ0) is 11.5. The maximum absolute atomic E-state index is 13.3. The van der Waals surface area contributed by atoms with Gasteiger partial charge in [0.25, 0.3) is 0 Å². The second-order valence-electron chi connectivity index (χ2n) is 3.19. The lowest BCUT2D eigenvalue weighted by atomic mass is 10.2. The van der Waals surface area contributed by atoms with Gasteiger partial charge in [-0.1, -0.05) is 0 Å². The molecule has 0 radical (unpaired) electrons. The van der Waals surface area contributed by atoms with E-state index in [2.05, 4.69) is 10.3 Å². The fraction of sp³-hybridized carbons (Fsp3) is 0. The van der Waals surface area contributed by atoms with Gasteiger partial charge < -0.3 is 11.1 Å². The summed E-state index contributed by atoms with van der Waals surface area (Å²) in [6.45, 7) is 0.